The summed E-state index contributed by atoms with van der Waals surface area (Å²) < 4.78 is 11.2. The first-order valence-corrected chi connectivity index (χ1v) is 6.96. The molecule has 1 aromatic rings. The SMILES string of the molecule is CC1COC(CO)CN1C(=O)C1Cc2ccccc2O1. The predicted octanol–water partition coefficient (Wildman–Crippen LogP) is 0.598. The summed E-state index contributed by atoms with van der Waals surface area (Å²) in [6, 6.07) is 7.75. The average Bonchev–Trinajstić information content (AvgIpc) is 2.91. The lowest BCUT2D eigenvalue weighted by molar-refractivity contribution is -0.152. The fraction of sp³-hybridized carbons (Fsp3) is 0.533. The highest BCUT2D eigenvalue weighted by molar-refractivity contribution is 5.83. The second-order valence-electron chi connectivity index (χ2n) is 5.40. The number of carbonyl (C=O) groups excluding carboxylic acids is 1. The van der Waals surface area contributed by atoms with Crippen molar-refractivity contribution in [2.75, 3.05) is 19.8 Å². The van der Waals surface area contributed by atoms with Crippen LogP contribution in [-0.4, -0.2) is 53.9 Å². The summed E-state index contributed by atoms with van der Waals surface area (Å²) in [5.74, 6) is 0.779. The van der Waals surface area contributed by atoms with E-state index in [1.54, 1.807) is 4.90 Å². The highest BCUT2D eigenvalue weighted by atomic mass is 16.5. The van der Waals surface area contributed by atoms with Crippen molar-refractivity contribution in [3.8, 4) is 5.75 Å². The minimum Gasteiger partial charge on any atom is -0.480 e. The van der Waals surface area contributed by atoms with Gasteiger partial charge >= 0.3 is 0 Å². The molecule has 3 rings (SSSR count). The molecule has 3 atom stereocenters. The first-order valence-electron chi connectivity index (χ1n) is 6.96. The van der Waals surface area contributed by atoms with E-state index in [4.69, 9.17) is 9.47 Å². The van der Waals surface area contributed by atoms with E-state index in [1.807, 2.05) is 31.2 Å². The fourth-order valence-corrected chi connectivity index (χ4v) is 2.74. The number of morpholine rings is 1. The summed E-state index contributed by atoms with van der Waals surface area (Å²) in [5.41, 5.74) is 1.07. The molecule has 2 aliphatic rings. The Balaban J connectivity index is 1.70. The molecule has 20 heavy (non-hydrogen) atoms. The van der Waals surface area contributed by atoms with Gasteiger partial charge in [-0.2, -0.15) is 0 Å². The van der Waals surface area contributed by atoms with Crippen molar-refractivity contribution in [3.05, 3.63) is 29.8 Å². The summed E-state index contributed by atoms with van der Waals surface area (Å²) in [6.45, 7) is 2.76. The van der Waals surface area contributed by atoms with Crippen molar-refractivity contribution in [2.24, 2.45) is 0 Å². The molecule has 108 valence electrons. The van der Waals surface area contributed by atoms with Gasteiger partial charge in [-0.3, -0.25) is 4.79 Å². The maximum atomic E-state index is 12.6. The summed E-state index contributed by atoms with van der Waals surface area (Å²) in [5, 5.41) is 9.19. The summed E-state index contributed by atoms with van der Waals surface area (Å²) in [4.78, 5) is 14.4. The third-order valence-corrected chi connectivity index (χ3v) is 3.91. The lowest BCUT2D eigenvalue weighted by atomic mass is 10.1. The Morgan fingerprint density at radius 1 is 1.45 bits per heavy atom. The zero-order valence-electron chi connectivity index (χ0n) is 11.5. The highest BCUT2D eigenvalue weighted by Crippen LogP contribution is 2.29. The van der Waals surface area contributed by atoms with E-state index in [9.17, 15) is 9.90 Å². The minimum atomic E-state index is -0.452. The molecule has 5 heteroatoms. The molecular formula is C15H19NO4. The number of benzene rings is 1. The first kappa shape index (κ1) is 13.4. The molecular weight excluding hydrogens is 258 g/mol. The van der Waals surface area contributed by atoms with Crippen LogP contribution in [0.25, 0.3) is 0 Å². The Bertz CT molecular complexity index is 479. The van der Waals surface area contributed by atoms with Crippen molar-refractivity contribution < 1.29 is 19.4 Å². The number of nitrogens with zero attached hydrogens (tertiary/aromatic N) is 1. The molecule has 0 bridgehead atoms. The van der Waals surface area contributed by atoms with E-state index in [0.717, 1.165) is 11.3 Å². The topological polar surface area (TPSA) is 59.0 Å². The molecule has 0 saturated carbocycles. The smallest absolute Gasteiger partial charge is 0.264 e. The third kappa shape index (κ3) is 2.39. The van der Waals surface area contributed by atoms with Gasteiger partial charge in [-0.05, 0) is 18.6 Å². The fourth-order valence-electron chi connectivity index (χ4n) is 2.74. The number of ether oxygens (including phenoxy) is 2. The van der Waals surface area contributed by atoms with Crippen LogP contribution in [-0.2, 0) is 16.0 Å². The molecule has 0 spiro atoms. The quantitative estimate of drug-likeness (QED) is 0.860. The Kier molecular flexibility index (Phi) is 3.63. The van der Waals surface area contributed by atoms with Gasteiger partial charge < -0.3 is 19.5 Å². The number of aliphatic hydroxyl groups excluding tert-OH is 1. The van der Waals surface area contributed by atoms with Crippen molar-refractivity contribution >= 4 is 5.91 Å². The lowest BCUT2D eigenvalue weighted by Gasteiger charge is -2.38. The summed E-state index contributed by atoms with van der Waals surface area (Å²) in [7, 11) is 0. The van der Waals surface area contributed by atoms with Gasteiger partial charge in [-0.25, -0.2) is 0 Å². The number of carbonyl (C=O) groups is 1. The van der Waals surface area contributed by atoms with Crippen LogP contribution in [0.1, 0.15) is 12.5 Å². The number of hydrogen-bond acceptors (Lipinski definition) is 4. The van der Waals surface area contributed by atoms with Crippen LogP contribution in [0.4, 0.5) is 0 Å². The van der Waals surface area contributed by atoms with E-state index in [1.165, 1.54) is 0 Å². The number of fused-ring (bicyclic) bond motifs is 1. The average molecular weight is 277 g/mol. The number of rotatable bonds is 2. The van der Waals surface area contributed by atoms with Gasteiger partial charge in [0.25, 0.3) is 5.91 Å². The minimum absolute atomic E-state index is 0.0117. The van der Waals surface area contributed by atoms with Gasteiger partial charge in [0.2, 0.25) is 0 Å². The van der Waals surface area contributed by atoms with Gasteiger partial charge in [0, 0.05) is 13.0 Å². The van der Waals surface area contributed by atoms with Crippen molar-refractivity contribution in [1.82, 2.24) is 4.90 Å². The Morgan fingerprint density at radius 2 is 2.25 bits per heavy atom. The molecule has 0 aromatic heterocycles. The van der Waals surface area contributed by atoms with Gasteiger partial charge in [0.05, 0.1) is 25.4 Å². The van der Waals surface area contributed by atoms with E-state index in [-0.39, 0.29) is 24.7 Å². The van der Waals surface area contributed by atoms with Crippen molar-refractivity contribution in [1.29, 1.82) is 0 Å². The molecule has 1 saturated heterocycles. The van der Waals surface area contributed by atoms with E-state index < -0.39 is 6.10 Å². The van der Waals surface area contributed by atoms with Crippen LogP contribution in [0.2, 0.25) is 0 Å². The summed E-state index contributed by atoms with van der Waals surface area (Å²) >= 11 is 0. The highest BCUT2D eigenvalue weighted by Gasteiger charge is 2.37. The molecule has 1 aromatic carbocycles. The second-order valence-corrected chi connectivity index (χ2v) is 5.40. The summed E-state index contributed by atoms with van der Waals surface area (Å²) in [6.07, 6.45) is -0.130. The largest absolute Gasteiger partial charge is 0.480 e. The van der Waals surface area contributed by atoms with Gasteiger partial charge in [-0.15, -0.1) is 0 Å². The molecule has 0 radical (unpaired) electrons. The molecule has 2 heterocycles. The van der Waals surface area contributed by atoms with E-state index in [0.29, 0.717) is 19.6 Å². The number of hydrogen-bond donors (Lipinski definition) is 1. The molecule has 1 amide bonds. The van der Waals surface area contributed by atoms with Crippen LogP contribution in [0.3, 0.4) is 0 Å². The Morgan fingerprint density at radius 3 is 3.00 bits per heavy atom. The van der Waals surface area contributed by atoms with Crippen LogP contribution in [0.15, 0.2) is 24.3 Å². The first-order chi connectivity index (χ1) is 9.69. The molecule has 3 unspecified atom stereocenters. The Labute approximate surface area is 118 Å². The molecule has 1 fully saturated rings. The lowest BCUT2D eigenvalue weighted by Crippen LogP contribution is -2.55. The maximum absolute atomic E-state index is 12.6. The number of aliphatic hydroxyl groups is 1. The molecule has 0 aliphatic carbocycles. The number of para-hydroxylation sites is 1. The monoisotopic (exact) mass is 277 g/mol. The Hall–Kier alpha value is -1.59. The standard InChI is InChI=1S/C15H19NO4/c1-10-9-19-12(8-17)7-16(10)15(18)14-6-11-4-2-3-5-13(11)20-14/h2-5,10,12,14,17H,6-9H2,1H3. The second kappa shape index (κ2) is 5.42. The molecule has 5 nitrogen and oxygen atoms in total. The van der Waals surface area contributed by atoms with Crippen molar-refractivity contribution in [2.45, 2.75) is 31.6 Å². The van der Waals surface area contributed by atoms with Gasteiger partial charge in [-0.1, -0.05) is 18.2 Å². The van der Waals surface area contributed by atoms with Crippen LogP contribution in [0, 0.1) is 0 Å². The van der Waals surface area contributed by atoms with Crippen molar-refractivity contribution in [3.63, 3.8) is 0 Å². The molecule has 2 aliphatic heterocycles. The van der Waals surface area contributed by atoms with Crippen LogP contribution < -0.4 is 4.74 Å². The van der Waals surface area contributed by atoms with E-state index in [2.05, 4.69) is 0 Å². The third-order valence-electron chi connectivity index (χ3n) is 3.91. The van der Waals surface area contributed by atoms with Crippen LogP contribution >= 0.6 is 0 Å². The van der Waals surface area contributed by atoms with Gasteiger partial charge in [0.15, 0.2) is 6.10 Å². The van der Waals surface area contributed by atoms with Gasteiger partial charge in [0.1, 0.15) is 5.75 Å². The van der Waals surface area contributed by atoms with Crippen LogP contribution in [0.5, 0.6) is 5.75 Å². The zero-order valence-corrected chi connectivity index (χ0v) is 11.5. The maximum Gasteiger partial charge on any atom is 0.264 e. The molecule has 1 N–H and O–H groups in total. The van der Waals surface area contributed by atoms with E-state index >= 15 is 0 Å². The predicted molar refractivity (Wildman–Crippen MR) is 72.6 cm³/mol. The zero-order chi connectivity index (χ0) is 14.1. The number of amides is 1. The normalized spacial score (nSPS) is 28.9.